The third kappa shape index (κ3) is 5.59. The van der Waals surface area contributed by atoms with Gasteiger partial charge in [-0.2, -0.15) is 0 Å². The average Bonchev–Trinajstić information content (AvgIpc) is 2.39. The Hall–Kier alpha value is -2.48. The van der Waals surface area contributed by atoms with Crippen LogP contribution in [0.2, 0.25) is 0 Å². The number of carbonyl (C=O) groups excluding carboxylic acids is 1. The molecule has 0 heterocycles. The van der Waals surface area contributed by atoms with E-state index < -0.39 is 12.0 Å². The van der Waals surface area contributed by atoms with Crippen molar-refractivity contribution >= 4 is 12.0 Å². The van der Waals surface area contributed by atoms with Gasteiger partial charge in [-0.1, -0.05) is 30.3 Å². The van der Waals surface area contributed by atoms with E-state index in [1.807, 2.05) is 30.3 Å². The number of rotatable bonds is 6. The normalized spacial score (nSPS) is 11.1. The fourth-order valence-corrected chi connectivity index (χ4v) is 1.55. The van der Waals surface area contributed by atoms with Gasteiger partial charge < -0.3 is 15.7 Å². The lowest BCUT2D eigenvalue weighted by Crippen LogP contribution is -2.38. The predicted octanol–water partition coefficient (Wildman–Crippen LogP) is 1.52. The van der Waals surface area contributed by atoms with Crippen LogP contribution in [0.1, 0.15) is 24.4 Å². The minimum atomic E-state index is -0.955. The molecule has 1 atom stereocenters. The van der Waals surface area contributed by atoms with Crippen LogP contribution in [0.5, 0.6) is 0 Å². The highest BCUT2D eigenvalue weighted by Gasteiger charge is 2.12. The summed E-state index contributed by atoms with van der Waals surface area (Å²) in [5.74, 6) is 1.55. The summed E-state index contributed by atoms with van der Waals surface area (Å²) in [5, 5.41) is 13.7. The zero-order chi connectivity index (χ0) is 14.1. The van der Waals surface area contributed by atoms with E-state index in [0.29, 0.717) is 6.42 Å². The topological polar surface area (TPSA) is 78.4 Å². The van der Waals surface area contributed by atoms with Gasteiger partial charge in [0.05, 0.1) is 12.5 Å². The third-order valence-electron chi connectivity index (χ3n) is 2.45. The van der Waals surface area contributed by atoms with E-state index in [9.17, 15) is 9.59 Å². The van der Waals surface area contributed by atoms with Crippen LogP contribution in [0.4, 0.5) is 4.79 Å². The molecule has 19 heavy (non-hydrogen) atoms. The zero-order valence-electron chi connectivity index (χ0n) is 10.4. The fraction of sp³-hybridized carbons (Fsp3) is 0.286. The Balaban J connectivity index is 2.52. The minimum absolute atomic E-state index is 0.0821. The summed E-state index contributed by atoms with van der Waals surface area (Å²) in [6, 6.07) is 8.65. The largest absolute Gasteiger partial charge is 0.481 e. The van der Waals surface area contributed by atoms with Crippen LogP contribution in [0.3, 0.4) is 0 Å². The van der Waals surface area contributed by atoms with E-state index in [-0.39, 0.29) is 19.0 Å². The molecule has 0 saturated heterocycles. The van der Waals surface area contributed by atoms with Gasteiger partial charge in [-0.25, -0.2) is 4.79 Å². The number of nitrogens with one attached hydrogen (secondary N) is 2. The zero-order valence-corrected chi connectivity index (χ0v) is 10.4. The number of carboxylic acid groups (broad SMARTS) is 1. The van der Waals surface area contributed by atoms with Gasteiger partial charge in [0.1, 0.15) is 0 Å². The predicted molar refractivity (Wildman–Crippen MR) is 71.4 cm³/mol. The second-order valence-electron chi connectivity index (χ2n) is 3.92. The minimum Gasteiger partial charge on any atom is -0.481 e. The summed E-state index contributed by atoms with van der Waals surface area (Å²) >= 11 is 0. The molecule has 3 N–H and O–H groups in total. The summed E-state index contributed by atoms with van der Waals surface area (Å²) in [5.41, 5.74) is 0.911. The first-order chi connectivity index (χ1) is 9.13. The summed E-state index contributed by atoms with van der Waals surface area (Å²) in [4.78, 5) is 21.9. The molecular weight excluding hydrogens is 244 g/mol. The molecule has 0 radical (unpaired) electrons. The number of hydrogen-bond acceptors (Lipinski definition) is 2. The van der Waals surface area contributed by atoms with E-state index in [1.54, 1.807) is 0 Å². The Morgan fingerprint density at radius 1 is 1.32 bits per heavy atom. The van der Waals surface area contributed by atoms with Gasteiger partial charge in [0.15, 0.2) is 0 Å². The average molecular weight is 260 g/mol. The van der Waals surface area contributed by atoms with Gasteiger partial charge in [0.2, 0.25) is 0 Å². The fourth-order valence-electron chi connectivity index (χ4n) is 1.55. The molecule has 1 rings (SSSR count). The molecule has 0 aromatic heterocycles. The Morgan fingerprint density at radius 3 is 2.58 bits per heavy atom. The van der Waals surface area contributed by atoms with Gasteiger partial charge in [-0.05, 0) is 5.56 Å². The standard InChI is InChI=1S/C14H16N2O3/c1-2-6-12(11-7-4-3-5-8-11)16-14(19)15-10-9-13(17)18/h1,3-5,7-8,12H,6,9-10H2,(H,17,18)(H2,15,16,19). The van der Waals surface area contributed by atoms with Gasteiger partial charge in [-0.3, -0.25) is 4.79 Å². The summed E-state index contributed by atoms with van der Waals surface area (Å²) in [7, 11) is 0. The number of amides is 2. The molecule has 0 aliphatic heterocycles. The highest BCUT2D eigenvalue weighted by Crippen LogP contribution is 2.15. The maximum atomic E-state index is 11.6. The van der Waals surface area contributed by atoms with Crippen LogP contribution in [0, 0.1) is 12.3 Å². The van der Waals surface area contributed by atoms with Crippen molar-refractivity contribution in [2.24, 2.45) is 0 Å². The lowest BCUT2D eigenvalue weighted by molar-refractivity contribution is -0.136. The number of benzene rings is 1. The lowest BCUT2D eigenvalue weighted by atomic mass is 10.0. The molecule has 2 amide bonds. The number of carboxylic acids is 1. The molecule has 1 aromatic rings. The van der Waals surface area contributed by atoms with Crippen molar-refractivity contribution in [1.29, 1.82) is 0 Å². The van der Waals surface area contributed by atoms with E-state index in [4.69, 9.17) is 11.5 Å². The quantitative estimate of drug-likeness (QED) is 0.679. The van der Waals surface area contributed by atoms with Crippen molar-refractivity contribution in [3.05, 3.63) is 35.9 Å². The molecule has 100 valence electrons. The lowest BCUT2D eigenvalue weighted by Gasteiger charge is -2.17. The Morgan fingerprint density at radius 2 is 2.00 bits per heavy atom. The molecule has 0 bridgehead atoms. The molecule has 0 fully saturated rings. The number of aliphatic carboxylic acids is 1. The first-order valence-electron chi connectivity index (χ1n) is 5.88. The molecule has 0 spiro atoms. The second kappa shape index (κ2) is 7.77. The summed E-state index contributed by atoms with van der Waals surface area (Å²) in [6.07, 6.45) is 5.54. The van der Waals surface area contributed by atoms with Crippen LogP contribution in [0.15, 0.2) is 30.3 Å². The van der Waals surface area contributed by atoms with E-state index >= 15 is 0 Å². The van der Waals surface area contributed by atoms with Crippen molar-refractivity contribution in [2.45, 2.75) is 18.9 Å². The van der Waals surface area contributed by atoms with Crippen molar-refractivity contribution in [1.82, 2.24) is 10.6 Å². The molecule has 1 aromatic carbocycles. The monoisotopic (exact) mass is 260 g/mol. The molecule has 0 saturated carbocycles. The number of terminal acetylenes is 1. The van der Waals surface area contributed by atoms with Gasteiger partial charge in [0, 0.05) is 13.0 Å². The van der Waals surface area contributed by atoms with Gasteiger partial charge in [-0.15, -0.1) is 12.3 Å². The highest BCUT2D eigenvalue weighted by atomic mass is 16.4. The molecule has 0 aliphatic rings. The van der Waals surface area contributed by atoms with Crippen LogP contribution in [-0.4, -0.2) is 23.7 Å². The maximum Gasteiger partial charge on any atom is 0.315 e. The second-order valence-corrected chi connectivity index (χ2v) is 3.92. The van der Waals surface area contributed by atoms with Crippen molar-refractivity contribution < 1.29 is 14.7 Å². The first-order valence-corrected chi connectivity index (χ1v) is 5.88. The van der Waals surface area contributed by atoms with Crippen molar-refractivity contribution in [3.8, 4) is 12.3 Å². The van der Waals surface area contributed by atoms with Crippen molar-refractivity contribution in [3.63, 3.8) is 0 Å². The summed E-state index contributed by atoms with van der Waals surface area (Å²) in [6.45, 7) is 0.0821. The highest BCUT2D eigenvalue weighted by molar-refractivity contribution is 5.75. The van der Waals surface area contributed by atoms with Gasteiger partial charge in [0.25, 0.3) is 0 Å². The molecule has 5 heteroatoms. The van der Waals surface area contributed by atoms with Crippen LogP contribution >= 0.6 is 0 Å². The van der Waals surface area contributed by atoms with E-state index in [0.717, 1.165) is 5.56 Å². The molecule has 0 aliphatic carbocycles. The van der Waals surface area contributed by atoms with Crippen LogP contribution < -0.4 is 10.6 Å². The van der Waals surface area contributed by atoms with Crippen LogP contribution in [-0.2, 0) is 4.79 Å². The van der Waals surface area contributed by atoms with Gasteiger partial charge >= 0.3 is 12.0 Å². The van der Waals surface area contributed by atoms with E-state index in [2.05, 4.69) is 16.6 Å². The Bertz CT molecular complexity index is 465. The van der Waals surface area contributed by atoms with Crippen molar-refractivity contribution in [2.75, 3.05) is 6.54 Å². The molecular formula is C14H16N2O3. The SMILES string of the molecule is C#CCC(NC(=O)NCCC(=O)O)c1ccccc1. The smallest absolute Gasteiger partial charge is 0.315 e. The van der Waals surface area contributed by atoms with E-state index in [1.165, 1.54) is 0 Å². The molecule has 5 nitrogen and oxygen atoms in total. The summed E-state index contributed by atoms with van der Waals surface area (Å²) < 4.78 is 0. The maximum absolute atomic E-state index is 11.6. The number of carbonyl (C=O) groups is 2. The van der Waals surface area contributed by atoms with Crippen LogP contribution in [0.25, 0.3) is 0 Å². The number of hydrogen-bond donors (Lipinski definition) is 3. The Labute approximate surface area is 112 Å². The third-order valence-corrected chi connectivity index (χ3v) is 2.45. The molecule has 1 unspecified atom stereocenters. The Kier molecular flexibility index (Phi) is 5.96. The first kappa shape index (κ1) is 14.6. The number of urea groups is 1.